The van der Waals surface area contributed by atoms with Crippen LogP contribution in [0.1, 0.15) is 37.7 Å². The van der Waals surface area contributed by atoms with Crippen molar-refractivity contribution in [3.63, 3.8) is 0 Å². The predicted octanol–water partition coefficient (Wildman–Crippen LogP) is 3.19. The van der Waals surface area contributed by atoms with Crippen molar-refractivity contribution in [2.24, 2.45) is 5.92 Å². The first-order valence-corrected chi connectivity index (χ1v) is 7.59. The van der Waals surface area contributed by atoms with Crippen LogP contribution < -0.4 is 4.74 Å². The van der Waals surface area contributed by atoms with Crippen molar-refractivity contribution in [3.8, 4) is 5.75 Å². The average Bonchev–Trinajstić information content (AvgIpc) is 2.49. The van der Waals surface area contributed by atoms with E-state index >= 15 is 0 Å². The molecule has 0 radical (unpaired) electrons. The van der Waals surface area contributed by atoms with Gasteiger partial charge in [0.1, 0.15) is 5.75 Å². The zero-order valence-electron chi connectivity index (χ0n) is 12.5. The van der Waals surface area contributed by atoms with Crippen molar-refractivity contribution in [1.29, 1.82) is 0 Å². The van der Waals surface area contributed by atoms with Crippen molar-refractivity contribution in [3.05, 3.63) is 29.8 Å². The molecule has 1 aromatic carbocycles. The lowest BCUT2D eigenvalue weighted by atomic mass is 9.82. The van der Waals surface area contributed by atoms with E-state index in [2.05, 4.69) is 0 Å². The largest absolute Gasteiger partial charge is 0.496 e. The molecule has 2 unspecified atom stereocenters. The number of ether oxygens (including phenoxy) is 2. The zero-order valence-corrected chi connectivity index (χ0v) is 12.5. The highest BCUT2D eigenvalue weighted by molar-refractivity contribution is 5.33. The van der Waals surface area contributed by atoms with E-state index in [0.717, 1.165) is 11.3 Å². The molecule has 1 aliphatic rings. The van der Waals surface area contributed by atoms with Gasteiger partial charge in [0.2, 0.25) is 0 Å². The van der Waals surface area contributed by atoms with E-state index in [9.17, 15) is 5.11 Å². The second kappa shape index (κ2) is 7.65. The van der Waals surface area contributed by atoms with Gasteiger partial charge in [-0.05, 0) is 30.4 Å². The third-order valence-electron chi connectivity index (χ3n) is 4.39. The van der Waals surface area contributed by atoms with Crippen LogP contribution in [-0.4, -0.2) is 31.5 Å². The van der Waals surface area contributed by atoms with Crippen LogP contribution >= 0.6 is 0 Å². The van der Waals surface area contributed by atoms with Crippen LogP contribution in [0.5, 0.6) is 5.75 Å². The highest BCUT2D eigenvalue weighted by Crippen LogP contribution is 2.31. The van der Waals surface area contributed by atoms with E-state index in [1.807, 2.05) is 24.3 Å². The summed E-state index contributed by atoms with van der Waals surface area (Å²) >= 11 is 0. The molecule has 20 heavy (non-hydrogen) atoms. The van der Waals surface area contributed by atoms with Gasteiger partial charge < -0.3 is 14.6 Å². The minimum Gasteiger partial charge on any atom is -0.496 e. The van der Waals surface area contributed by atoms with Crippen molar-refractivity contribution < 1.29 is 14.6 Å². The van der Waals surface area contributed by atoms with Crippen molar-refractivity contribution in [1.82, 2.24) is 0 Å². The monoisotopic (exact) mass is 278 g/mol. The fraction of sp³-hybridized carbons (Fsp3) is 0.647. The first-order chi connectivity index (χ1) is 9.76. The minimum absolute atomic E-state index is 0.0692. The van der Waals surface area contributed by atoms with E-state index in [1.54, 1.807) is 14.2 Å². The number of methoxy groups -OCH3 is 2. The molecule has 0 spiro atoms. The van der Waals surface area contributed by atoms with Gasteiger partial charge in [-0.25, -0.2) is 0 Å². The third kappa shape index (κ3) is 3.74. The summed E-state index contributed by atoms with van der Waals surface area (Å²) in [5, 5.41) is 10.6. The lowest BCUT2D eigenvalue weighted by molar-refractivity contribution is -0.0537. The Morgan fingerprint density at radius 3 is 2.50 bits per heavy atom. The van der Waals surface area contributed by atoms with Crippen LogP contribution in [0.2, 0.25) is 0 Å². The molecule has 1 saturated carbocycles. The Kier molecular flexibility index (Phi) is 5.86. The van der Waals surface area contributed by atoms with E-state index < -0.39 is 6.10 Å². The molecule has 1 aromatic rings. The zero-order chi connectivity index (χ0) is 14.4. The van der Waals surface area contributed by atoms with Crippen molar-refractivity contribution >= 4 is 0 Å². The minimum atomic E-state index is -0.473. The highest BCUT2D eigenvalue weighted by Gasteiger charge is 2.30. The Morgan fingerprint density at radius 2 is 1.85 bits per heavy atom. The molecule has 2 rings (SSSR count). The number of benzene rings is 1. The maximum absolute atomic E-state index is 10.6. The summed E-state index contributed by atoms with van der Waals surface area (Å²) in [5.41, 5.74) is 1.04. The molecule has 112 valence electrons. The van der Waals surface area contributed by atoms with Gasteiger partial charge in [0.25, 0.3) is 0 Å². The van der Waals surface area contributed by atoms with Gasteiger partial charge in [0, 0.05) is 13.5 Å². The third-order valence-corrected chi connectivity index (χ3v) is 4.39. The van der Waals surface area contributed by atoms with Crippen LogP contribution in [-0.2, 0) is 11.2 Å². The van der Waals surface area contributed by atoms with Gasteiger partial charge in [-0.15, -0.1) is 0 Å². The van der Waals surface area contributed by atoms with Gasteiger partial charge in [0.05, 0.1) is 19.3 Å². The maximum atomic E-state index is 10.6. The van der Waals surface area contributed by atoms with Gasteiger partial charge in [-0.2, -0.15) is 0 Å². The summed E-state index contributed by atoms with van der Waals surface area (Å²) < 4.78 is 11.0. The van der Waals surface area contributed by atoms with Crippen LogP contribution in [0.25, 0.3) is 0 Å². The van der Waals surface area contributed by atoms with E-state index in [0.29, 0.717) is 12.3 Å². The Labute approximate surface area is 121 Å². The molecule has 1 aliphatic carbocycles. The van der Waals surface area contributed by atoms with E-state index in [1.165, 1.54) is 32.1 Å². The molecular weight excluding hydrogens is 252 g/mol. The lowest BCUT2D eigenvalue weighted by Crippen LogP contribution is -2.37. The van der Waals surface area contributed by atoms with Crippen LogP contribution in [0.3, 0.4) is 0 Å². The molecular formula is C17H26O3. The molecule has 0 aliphatic heterocycles. The first kappa shape index (κ1) is 15.3. The standard InChI is InChI=1S/C17H26O3/c1-19-16-11-7-6-10-14(16)12-15(18)17(20-2)13-8-4-3-5-9-13/h6-7,10-11,13,15,17-18H,3-5,8-9,12H2,1-2H3. The Bertz CT molecular complexity index is 399. The second-order valence-electron chi connectivity index (χ2n) is 5.68. The van der Waals surface area contributed by atoms with Crippen LogP contribution in [0, 0.1) is 5.92 Å². The Balaban J connectivity index is 2.02. The molecule has 2 atom stereocenters. The van der Waals surface area contributed by atoms with E-state index in [4.69, 9.17) is 9.47 Å². The van der Waals surface area contributed by atoms with Gasteiger partial charge >= 0.3 is 0 Å². The molecule has 0 bridgehead atoms. The second-order valence-corrected chi connectivity index (χ2v) is 5.68. The topological polar surface area (TPSA) is 38.7 Å². The summed E-state index contributed by atoms with van der Waals surface area (Å²) in [4.78, 5) is 0. The molecule has 1 fully saturated rings. The number of aliphatic hydroxyl groups excluding tert-OH is 1. The smallest absolute Gasteiger partial charge is 0.122 e. The normalized spacial score (nSPS) is 19.6. The number of para-hydroxylation sites is 1. The van der Waals surface area contributed by atoms with Crippen molar-refractivity contribution in [2.75, 3.05) is 14.2 Å². The van der Waals surface area contributed by atoms with Gasteiger partial charge in [-0.3, -0.25) is 0 Å². The number of hydrogen-bond donors (Lipinski definition) is 1. The Morgan fingerprint density at radius 1 is 1.15 bits per heavy atom. The number of rotatable bonds is 6. The predicted molar refractivity (Wildman–Crippen MR) is 80.1 cm³/mol. The SMILES string of the molecule is COc1ccccc1CC(O)C(OC)C1CCCCC1. The van der Waals surface area contributed by atoms with Gasteiger partial charge in [0.15, 0.2) is 0 Å². The quantitative estimate of drug-likeness (QED) is 0.868. The number of hydrogen-bond acceptors (Lipinski definition) is 3. The first-order valence-electron chi connectivity index (χ1n) is 7.59. The fourth-order valence-corrected chi connectivity index (χ4v) is 3.34. The highest BCUT2D eigenvalue weighted by atomic mass is 16.5. The summed E-state index contributed by atoms with van der Waals surface area (Å²) in [6.07, 6.45) is 6.20. The summed E-state index contributed by atoms with van der Waals surface area (Å²) in [7, 11) is 3.38. The molecule has 3 heteroatoms. The lowest BCUT2D eigenvalue weighted by Gasteiger charge is -2.32. The van der Waals surface area contributed by atoms with Gasteiger partial charge in [-0.1, -0.05) is 37.5 Å². The molecule has 0 amide bonds. The summed E-state index contributed by atoms with van der Waals surface area (Å²) in [6.45, 7) is 0. The van der Waals surface area contributed by atoms with Crippen LogP contribution in [0.15, 0.2) is 24.3 Å². The molecule has 3 nitrogen and oxygen atoms in total. The molecule has 1 N–H and O–H groups in total. The average molecular weight is 278 g/mol. The van der Waals surface area contributed by atoms with E-state index in [-0.39, 0.29) is 6.10 Å². The Hall–Kier alpha value is -1.06. The molecule has 0 heterocycles. The maximum Gasteiger partial charge on any atom is 0.122 e. The fourth-order valence-electron chi connectivity index (χ4n) is 3.34. The number of aliphatic hydroxyl groups is 1. The van der Waals surface area contributed by atoms with Crippen molar-refractivity contribution in [2.45, 2.75) is 50.7 Å². The molecule has 0 aromatic heterocycles. The molecule has 0 saturated heterocycles. The van der Waals surface area contributed by atoms with Crippen LogP contribution in [0.4, 0.5) is 0 Å². The summed E-state index contributed by atoms with van der Waals surface area (Å²) in [5.74, 6) is 1.32. The summed E-state index contributed by atoms with van der Waals surface area (Å²) in [6, 6.07) is 7.87.